The lowest BCUT2D eigenvalue weighted by molar-refractivity contribution is 0.415. The minimum absolute atomic E-state index is 0.0751. The summed E-state index contributed by atoms with van der Waals surface area (Å²) < 4.78 is 6.93. The van der Waals surface area contributed by atoms with Crippen LogP contribution in [0.2, 0.25) is 0 Å². The molecule has 0 unspecified atom stereocenters. The number of aliphatic hydroxyl groups excluding tert-OH is 1. The molecule has 0 atom stereocenters. The van der Waals surface area contributed by atoms with Crippen LogP contribution in [0.5, 0.6) is 5.75 Å². The van der Waals surface area contributed by atoms with Gasteiger partial charge in [0.05, 0.1) is 13.3 Å². The molecule has 0 amide bonds. The summed E-state index contributed by atoms with van der Waals surface area (Å²) >= 11 is 0.951. The van der Waals surface area contributed by atoms with Gasteiger partial charge in [0.1, 0.15) is 27.1 Å². The highest BCUT2D eigenvalue weighted by Crippen LogP contribution is 2.09. The number of hydrogen-bond acceptors (Lipinski definition) is 8. The van der Waals surface area contributed by atoms with Gasteiger partial charge in [-0.15, -0.1) is 11.3 Å². The molecule has 0 saturated carbocycles. The largest absolute Gasteiger partial charge is 0.497 e. The van der Waals surface area contributed by atoms with Crippen LogP contribution in [-0.4, -0.2) is 23.0 Å². The molecule has 0 bridgehead atoms. The Kier molecular flexibility index (Phi) is 6.28. The second-order valence-electron chi connectivity index (χ2n) is 5.85. The Balaban J connectivity index is 2.07. The quantitative estimate of drug-likeness (QED) is 0.428. The Morgan fingerprint density at radius 3 is 2.43 bits per heavy atom. The summed E-state index contributed by atoms with van der Waals surface area (Å²) in [5, 5.41) is 41.5. The van der Waals surface area contributed by atoms with Gasteiger partial charge in [-0.05, 0) is 42.0 Å². The zero-order valence-corrected chi connectivity index (χ0v) is 16.6. The van der Waals surface area contributed by atoms with Gasteiger partial charge in [-0.25, -0.2) is 5.43 Å². The first-order chi connectivity index (χ1) is 14.6. The number of nitrogens with one attached hydrogen (secondary N) is 2. The van der Waals surface area contributed by atoms with E-state index in [9.17, 15) is 15.6 Å². The Morgan fingerprint density at radius 1 is 1.17 bits per heavy atom. The molecule has 0 fully saturated rings. The summed E-state index contributed by atoms with van der Waals surface area (Å²) in [4.78, 5) is 0. The number of nitriles is 2. The van der Waals surface area contributed by atoms with Crippen molar-refractivity contribution in [1.82, 2.24) is 9.99 Å². The highest BCUT2D eigenvalue weighted by molar-refractivity contribution is 7.07. The number of rotatable bonds is 5. The van der Waals surface area contributed by atoms with E-state index in [1.54, 1.807) is 55.6 Å². The van der Waals surface area contributed by atoms with E-state index in [4.69, 9.17) is 10.1 Å². The third-order valence-electron chi connectivity index (χ3n) is 4.01. The SMILES string of the molecule is COc1ccc(C=NN/C(O)=c2\sc(=C(C#N)C#N)n(-c3ccccc3)c2=N)cc1. The van der Waals surface area contributed by atoms with Crippen molar-refractivity contribution < 1.29 is 9.84 Å². The van der Waals surface area contributed by atoms with Gasteiger partial charge in [0.2, 0.25) is 5.88 Å². The van der Waals surface area contributed by atoms with Crippen LogP contribution in [0.4, 0.5) is 0 Å². The fourth-order valence-corrected chi connectivity index (χ4v) is 3.57. The summed E-state index contributed by atoms with van der Waals surface area (Å²) in [6.45, 7) is 0. The molecule has 0 aliphatic heterocycles. The summed E-state index contributed by atoms with van der Waals surface area (Å²) in [5.74, 6) is 0.355. The van der Waals surface area contributed by atoms with Crippen LogP contribution in [0.1, 0.15) is 5.56 Å². The van der Waals surface area contributed by atoms with Crippen LogP contribution in [0, 0.1) is 28.1 Å². The zero-order valence-electron chi connectivity index (χ0n) is 15.8. The maximum Gasteiger partial charge on any atom is 0.226 e. The molecule has 0 aliphatic carbocycles. The maximum atomic E-state index is 10.4. The maximum absolute atomic E-state index is 10.4. The number of methoxy groups -OCH3 is 1. The van der Waals surface area contributed by atoms with Gasteiger partial charge in [0, 0.05) is 5.69 Å². The Hall–Kier alpha value is -4.34. The summed E-state index contributed by atoms with van der Waals surface area (Å²) in [5.41, 5.74) is 3.64. The highest BCUT2D eigenvalue weighted by Gasteiger charge is 2.11. The predicted octanol–water partition coefficient (Wildman–Crippen LogP) is 1.47. The first-order valence-corrected chi connectivity index (χ1v) is 9.43. The molecule has 1 aromatic heterocycles. The molecule has 3 aromatic rings. The molecular formula is C21H16N6O2S. The standard InChI is InChI=1S/C21H16N6O2S/c1-29-17-9-7-14(8-10-17)13-25-26-20(28)18-19(24)27(16-5-3-2-4-6-16)21(30-18)15(11-22)12-23/h2-10,13,24,26,28H,1H3/b20-18+,24-19?,25-13?. The second kappa shape index (κ2) is 9.24. The van der Waals surface area contributed by atoms with E-state index in [1.165, 1.54) is 10.8 Å². The normalized spacial score (nSPS) is 11.4. The van der Waals surface area contributed by atoms with Gasteiger partial charge in [0.25, 0.3) is 0 Å². The van der Waals surface area contributed by atoms with Gasteiger partial charge >= 0.3 is 0 Å². The average molecular weight is 416 g/mol. The Labute approximate surface area is 175 Å². The van der Waals surface area contributed by atoms with Crippen molar-refractivity contribution in [3.63, 3.8) is 0 Å². The van der Waals surface area contributed by atoms with Crippen molar-refractivity contribution in [3.05, 3.63) is 74.8 Å². The lowest BCUT2D eigenvalue weighted by Crippen LogP contribution is -2.33. The van der Waals surface area contributed by atoms with Crippen molar-refractivity contribution in [2.45, 2.75) is 0 Å². The van der Waals surface area contributed by atoms with E-state index >= 15 is 0 Å². The number of hydrogen-bond donors (Lipinski definition) is 3. The van der Waals surface area contributed by atoms with E-state index in [1.807, 2.05) is 18.2 Å². The second-order valence-corrected chi connectivity index (χ2v) is 6.85. The van der Waals surface area contributed by atoms with E-state index in [-0.39, 0.29) is 26.1 Å². The molecular weight excluding hydrogens is 400 g/mol. The Morgan fingerprint density at radius 2 is 1.83 bits per heavy atom. The van der Waals surface area contributed by atoms with Crippen LogP contribution < -0.4 is 24.8 Å². The minimum atomic E-state index is -0.360. The number of hydrazone groups is 1. The molecule has 0 saturated heterocycles. The summed E-state index contributed by atoms with van der Waals surface area (Å²) in [7, 11) is 1.58. The summed E-state index contributed by atoms with van der Waals surface area (Å²) in [6.07, 6.45) is 1.50. The first kappa shape index (κ1) is 20.4. The number of thiazole rings is 1. The fourth-order valence-electron chi connectivity index (χ4n) is 2.57. The number of aliphatic hydroxyl groups is 1. The third kappa shape index (κ3) is 4.22. The van der Waals surface area contributed by atoms with Gasteiger partial charge in [0.15, 0.2) is 11.1 Å². The van der Waals surface area contributed by atoms with Gasteiger partial charge in [-0.1, -0.05) is 18.2 Å². The molecule has 148 valence electrons. The fraction of sp³-hybridized carbons (Fsp3) is 0.0476. The van der Waals surface area contributed by atoms with Crippen molar-refractivity contribution in [3.8, 4) is 23.6 Å². The molecule has 9 heteroatoms. The highest BCUT2D eigenvalue weighted by atomic mass is 32.1. The number of nitrogens with zero attached hydrogens (tertiary/aromatic N) is 4. The molecule has 30 heavy (non-hydrogen) atoms. The molecule has 3 N–H and O–H groups in total. The lowest BCUT2D eigenvalue weighted by Gasteiger charge is -2.02. The first-order valence-electron chi connectivity index (χ1n) is 8.61. The summed E-state index contributed by atoms with van der Waals surface area (Å²) in [6, 6.07) is 19.7. The molecule has 1 heterocycles. The number of para-hydroxylation sites is 1. The van der Waals surface area contributed by atoms with Crippen molar-refractivity contribution >= 4 is 29.0 Å². The zero-order chi connectivity index (χ0) is 21.5. The smallest absolute Gasteiger partial charge is 0.226 e. The lowest BCUT2D eigenvalue weighted by atomic mass is 10.2. The molecule has 0 radical (unpaired) electrons. The molecule has 0 spiro atoms. The topological polar surface area (TPSA) is 130 Å². The van der Waals surface area contributed by atoms with Crippen LogP contribution >= 0.6 is 11.3 Å². The average Bonchev–Trinajstić information content (AvgIpc) is 3.12. The third-order valence-corrected chi connectivity index (χ3v) is 5.18. The van der Waals surface area contributed by atoms with Gasteiger partial charge in [-0.3, -0.25) is 9.98 Å². The molecule has 3 rings (SSSR count). The molecule has 8 nitrogen and oxygen atoms in total. The van der Waals surface area contributed by atoms with E-state index in [0.717, 1.165) is 16.9 Å². The number of aromatic nitrogens is 1. The van der Waals surface area contributed by atoms with Crippen LogP contribution in [0.15, 0.2) is 59.7 Å². The van der Waals surface area contributed by atoms with E-state index in [2.05, 4.69) is 10.5 Å². The number of benzene rings is 2. The van der Waals surface area contributed by atoms with Crippen LogP contribution in [-0.2, 0) is 0 Å². The monoisotopic (exact) mass is 416 g/mol. The van der Waals surface area contributed by atoms with Gasteiger partial charge in [-0.2, -0.15) is 15.6 Å². The predicted molar refractivity (Wildman–Crippen MR) is 113 cm³/mol. The van der Waals surface area contributed by atoms with Crippen molar-refractivity contribution in [2.24, 2.45) is 5.10 Å². The molecule has 2 aromatic carbocycles. The van der Waals surface area contributed by atoms with Crippen molar-refractivity contribution in [2.75, 3.05) is 7.11 Å². The van der Waals surface area contributed by atoms with Gasteiger partial charge < -0.3 is 9.84 Å². The minimum Gasteiger partial charge on any atom is -0.497 e. The number of ether oxygens (including phenoxy) is 1. The molecule has 0 aliphatic rings. The van der Waals surface area contributed by atoms with E-state index in [0.29, 0.717) is 11.4 Å². The van der Waals surface area contributed by atoms with Crippen LogP contribution in [0.3, 0.4) is 0 Å². The van der Waals surface area contributed by atoms with Crippen molar-refractivity contribution in [1.29, 1.82) is 15.9 Å². The van der Waals surface area contributed by atoms with Crippen LogP contribution in [0.25, 0.3) is 17.1 Å². The Bertz CT molecular complexity index is 1320. The van der Waals surface area contributed by atoms with E-state index < -0.39 is 0 Å².